The van der Waals surface area contributed by atoms with E-state index in [0.29, 0.717) is 11.1 Å². The fourth-order valence-electron chi connectivity index (χ4n) is 3.30. The van der Waals surface area contributed by atoms with Crippen molar-refractivity contribution in [3.63, 3.8) is 0 Å². The number of hydrogen-bond acceptors (Lipinski definition) is 6. The highest BCUT2D eigenvalue weighted by atomic mass is 32.2. The molecule has 1 aliphatic heterocycles. The average molecular weight is 466 g/mol. The number of rotatable bonds is 6. The maximum absolute atomic E-state index is 12.6. The molecule has 3 aromatic rings. The van der Waals surface area contributed by atoms with Gasteiger partial charge in [0.05, 0.1) is 32.3 Å². The number of aromatic hydroxyl groups is 1. The van der Waals surface area contributed by atoms with Crippen molar-refractivity contribution in [2.24, 2.45) is 4.99 Å². The molecule has 4 rings (SSSR count). The first-order valence-electron chi connectivity index (χ1n) is 8.83. The Morgan fingerprint density at radius 1 is 0.781 bits per heavy atom. The number of aliphatic imine (C=N–C) groups is 1. The molecule has 4 N–H and O–H groups in total. The summed E-state index contributed by atoms with van der Waals surface area (Å²) in [5.74, 6) is -0.942. The number of sulfonamides is 2. The molecule has 1 amide bonds. The van der Waals surface area contributed by atoms with E-state index in [9.17, 15) is 26.7 Å². The van der Waals surface area contributed by atoms with Gasteiger partial charge in [-0.15, -0.1) is 0 Å². The normalized spacial score (nSPS) is 13.8. The summed E-state index contributed by atoms with van der Waals surface area (Å²) < 4.78 is 50.6. The van der Waals surface area contributed by atoms with E-state index in [4.69, 9.17) is 16.0 Å². The zero-order valence-corrected chi connectivity index (χ0v) is 17.7. The van der Waals surface area contributed by atoms with Crippen molar-refractivity contribution in [3.8, 4) is 17.1 Å². The van der Waals surface area contributed by atoms with Gasteiger partial charge < -0.3 is 10.1 Å². The molecule has 158 valence electrons. The van der Waals surface area contributed by atoms with Gasteiger partial charge in [0.15, 0.2) is 5.88 Å². The molecule has 2 aromatic carbocycles. The fraction of sp³-hybridized carbons (Fsp3) is 0. The van der Waals surface area contributed by atoms with Crippen LogP contribution in [0.3, 0.4) is 0 Å². The number of aromatic nitrogens is 1. The highest BCUT2D eigenvalue weighted by Crippen LogP contribution is 2.38. The first-order chi connectivity index (χ1) is 15.1. The third-order valence-electron chi connectivity index (χ3n) is 4.85. The van der Waals surface area contributed by atoms with Crippen molar-refractivity contribution in [1.82, 2.24) is 14.3 Å². The van der Waals surface area contributed by atoms with Crippen molar-refractivity contribution in [2.75, 3.05) is 0 Å². The molecule has 32 heavy (non-hydrogen) atoms. The van der Waals surface area contributed by atoms with Crippen molar-refractivity contribution < 1.29 is 26.7 Å². The van der Waals surface area contributed by atoms with E-state index in [0.717, 1.165) is 0 Å². The van der Waals surface area contributed by atoms with Crippen LogP contribution in [-0.4, -0.2) is 54.5 Å². The molecule has 2 heterocycles. The Morgan fingerprint density at radius 3 is 1.72 bits per heavy atom. The number of H-pyrrole nitrogens is 1. The lowest BCUT2D eigenvalue weighted by atomic mass is 10.0. The summed E-state index contributed by atoms with van der Waals surface area (Å²) in [6.07, 6.45) is 0. The number of carbonyl (C=O) groups is 1. The first-order valence-corrected chi connectivity index (χ1v) is 11.8. The standard InChI is InChI=1S/C18H12B2N4O6S2/c19-23-31(27,28)11-5-1-9(2-6-11)15-13-14(18(26)21-15)16(22-17(13)25)10-3-7-12(8-4-10)32(29,30)24-20/h1-8,21,23-24,26H. The lowest BCUT2D eigenvalue weighted by molar-refractivity contribution is 0.101. The number of nitrogens with one attached hydrogen (secondary N) is 3. The second kappa shape index (κ2) is 7.74. The van der Waals surface area contributed by atoms with E-state index in [2.05, 4.69) is 9.98 Å². The number of carbonyl (C=O) groups excluding carboxylic acids is 1. The van der Waals surface area contributed by atoms with Crippen LogP contribution in [0.2, 0.25) is 0 Å². The number of fused-ring (bicyclic) bond motifs is 1. The fourth-order valence-corrected chi connectivity index (χ4v) is 4.56. The third-order valence-corrected chi connectivity index (χ3v) is 7.25. The minimum absolute atomic E-state index is 0.0820. The van der Waals surface area contributed by atoms with Gasteiger partial charge in [0, 0.05) is 5.56 Å². The van der Waals surface area contributed by atoms with Crippen LogP contribution in [0.1, 0.15) is 21.5 Å². The topological polar surface area (TPSA) is 158 Å². The van der Waals surface area contributed by atoms with Gasteiger partial charge in [0.25, 0.3) is 5.91 Å². The average Bonchev–Trinajstić information content (AvgIpc) is 3.32. The Morgan fingerprint density at radius 2 is 1.25 bits per heavy atom. The summed E-state index contributed by atoms with van der Waals surface area (Å²) in [5, 5.41) is 10.5. The molecule has 1 aliphatic rings. The van der Waals surface area contributed by atoms with Crippen LogP contribution in [0.15, 0.2) is 63.3 Å². The van der Waals surface area contributed by atoms with Gasteiger partial charge in [-0.1, -0.05) is 24.3 Å². The van der Waals surface area contributed by atoms with Crippen LogP contribution in [0.25, 0.3) is 11.3 Å². The number of hydrogen-bond donors (Lipinski definition) is 4. The second-order valence-electron chi connectivity index (χ2n) is 6.66. The Kier molecular flexibility index (Phi) is 5.33. The van der Waals surface area contributed by atoms with Crippen LogP contribution in [0.5, 0.6) is 5.88 Å². The van der Waals surface area contributed by atoms with Crippen molar-refractivity contribution >= 4 is 47.6 Å². The Balaban J connectivity index is 1.75. The highest BCUT2D eigenvalue weighted by molar-refractivity contribution is 7.90. The van der Waals surface area contributed by atoms with E-state index in [1.165, 1.54) is 48.5 Å². The molecule has 0 spiro atoms. The third kappa shape index (κ3) is 3.56. The lowest BCUT2D eigenvalue weighted by Crippen LogP contribution is -2.20. The minimum Gasteiger partial charge on any atom is -0.494 e. The van der Waals surface area contributed by atoms with Crippen LogP contribution in [0, 0.1) is 0 Å². The van der Waals surface area contributed by atoms with Gasteiger partial charge in [-0.25, -0.2) is 21.8 Å². The number of benzene rings is 2. The SMILES string of the molecule is [B]NS(=O)(=O)c1ccc(C2=NC(=O)c3c(-c4ccc(S(=O)(=O)N[B])cc4)[nH]c(O)c32)cc1. The molecule has 0 atom stereocenters. The van der Waals surface area contributed by atoms with E-state index in [-0.39, 0.29) is 38.2 Å². The molecular weight excluding hydrogens is 454 g/mol. The quantitative estimate of drug-likeness (QED) is 0.378. The largest absolute Gasteiger partial charge is 0.494 e. The molecule has 0 aliphatic carbocycles. The molecule has 0 bridgehead atoms. The molecule has 0 saturated heterocycles. The Bertz CT molecular complexity index is 1480. The summed E-state index contributed by atoms with van der Waals surface area (Å²) in [6.45, 7) is 0. The van der Waals surface area contributed by atoms with Gasteiger partial charge in [0.2, 0.25) is 36.0 Å². The maximum Gasteiger partial charge on any atom is 0.280 e. The summed E-state index contributed by atoms with van der Waals surface area (Å²) in [5.41, 5.74) is 1.48. The van der Waals surface area contributed by atoms with Crippen molar-refractivity contribution in [2.45, 2.75) is 9.79 Å². The zero-order valence-electron chi connectivity index (χ0n) is 16.0. The number of aromatic amines is 1. The highest BCUT2D eigenvalue weighted by Gasteiger charge is 2.33. The Labute approximate surface area is 185 Å². The van der Waals surface area contributed by atoms with Crippen LogP contribution in [-0.2, 0) is 20.0 Å². The zero-order chi connectivity index (χ0) is 23.3. The van der Waals surface area contributed by atoms with E-state index in [1.807, 2.05) is 0 Å². The monoisotopic (exact) mass is 466 g/mol. The molecule has 1 aromatic heterocycles. The number of nitrogens with zero attached hydrogens (tertiary/aromatic N) is 1. The molecule has 0 fully saturated rings. The molecule has 0 unspecified atom stereocenters. The molecule has 0 saturated carbocycles. The van der Waals surface area contributed by atoms with Crippen LogP contribution >= 0.6 is 0 Å². The lowest BCUT2D eigenvalue weighted by Gasteiger charge is -2.05. The first kappa shape index (κ1) is 22.0. The summed E-state index contributed by atoms with van der Waals surface area (Å²) in [6, 6.07) is 10.9. The summed E-state index contributed by atoms with van der Waals surface area (Å²) in [4.78, 5) is 19.2. The van der Waals surface area contributed by atoms with Crippen molar-refractivity contribution in [1.29, 1.82) is 0 Å². The van der Waals surface area contributed by atoms with E-state index < -0.39 is 26.0 Å². The Hall–Kier alpha value is -3.19. The second-order valence-corrected chi connectivity index (χ2v) is 10.1. The van der Waals surface area contributed by atoms with Gasteiger partial charge in [-0.3, -0.25) is 14.1 Å². The van der Waals surface area contributed by atoms with Crippen LogP contribution < -0.4 is 9.27 Å². The van der Waals surface area contributed by atoms with Gasteiger partial charge in [-0.2, -0.15) is 0 Å². The summed E-state index contributed by atoms with van der Waals surface area (Å²) in [7, 11) is 2.32. The predicted molar refractivity (Wildman–Crippen MR) is 116 cm³/mol. The molecule has 10 nitrogen and oxygen atoms in total. The van der Waals surface area contributed by atoms with Crippen molar-refractivity contribution in [3.05, 3.63) is 65.2 Å². The van der Waals surface area contributed by atoms with E-state index >= 15 is 0 Å². The molecule has 4 radical (unpaired) electrons. The van der Waals surface area contributed by atoms with Gasteiger partial charge in [0.1, 0.15) is 0 Å². The molecular formula is C18H12B2N4O6S2. The number of amides is 1. The maximum atomic E-state index is 12.6. The minimum atomic E-state index is -3.86. The van der Waals surface area contributed by atoms with Crippen LogP contribution in [0.4, 0.5) is 0 Å². The predicted octanol–water partition coefficient (Wildman–Crippen LogP) is 0.102. The van der Waals surface area contributed by atoms with Gasteiger partial charge >= 0.3 is 0 Å². The molecule has 14 heteroatoms. The summed E-state index contributed by atoms with van der Waals surface area (Å²) >= 11 is 0. The smallest absolute Gasteiger partial charge is 0.280 e. The van der Waals surface area contributed by atoms with Gasteiger partial charge in [-0.05, 0) is 29.8 Å². The van der Waals surface area contributed by atoms with E-state index in [1.54, 1.807) is 9.27 Å².